The van der Waals surface area contributed by atoms with E-state index in [-0.39, 0.29) is 18.6 Å². The first-order valence-electron chi connectivity index (χ1n) is 7.62. The van der Waals surface area contributed by atoms with Crippen molar-refractivity contribution in [3.63, 3.8) is 0 Å². The summed E-state index contributed by atoms with van der Waals surface area (Å²) < 4.78 is 11.1. The topological polar surface area (TPSA) is 96.2 Å². The van der Waals surface area contributed by atoms with Crippen molar-refractivity contribution in [1.29, 1.82) is 0 Å². The standard InChI is InChI=1S/C18H18O6/c19-13-9-15(20)18(23-10-13)24-16-7-2-1-6-14(16)11-4-3-5-12(8-11)17(21)22/h1-8,13,15,18-20H,9-10H2,(H,21,22)/t13-,15?,18+/m1/s1. The van der Waals surface area contributed by atoms with Gasteiger partial charge in [-0.15, -0.1) is 0 Å². The third-order valence-electron chi connectivity index (χ3n) is 3.83. The van der Waals surface area contributed by atoms with E-state index in [0.29, 0.717) is 16.9 Å². The van der Waals surface area contributed by atoms with E-state index in [9.17, 15) is 15.0 Å². The minimum absolute atomic E-state index is 0.0956. The zero-order valence-electron chi connectivity index (χ0n) is 12.8. The number of carboxylic acid groups (broad SMARTS) is 1. The summed E-state index contributed by atoms with van der Waals surface area (Å²) in [4.78, 5) is 11.2. The average molecular weight is 330 g/mol. The molecule has 2 aromatic rings. The quantitative estimate of drug-likeness (QED) is 0.792. The first-order chi connectivity index (χ1) is 11.5. The molecule has 3 rings (SSSR count). The molecule has 0 amide bonds. The Labute approximate surface area is 138 Å². The van der Waals surface area contributed by atoms with Crippen LogP contribution in [0.15, 0.2) is 48.5 Å². The van der Waals surface area contributed by atoms with E-state index in [1.165, 1.54) is 6.07 Å². The first kappa shape index (κ1) is 16.4. The van der Waals surface area contributed by atoms with E-state index in [0.717, 1.165) is 0 Å². The first-order valence-corrected chi connectivity index (χ1v) is 7.62. The van der Waals surface area contributed by atoms with E-state index in [2.05, 4.69) is 0 Å². The van der Waals surface area contributed by atoms with E-state index in [4.69, 9.17) is 14.6 Å². The van der Waals surface area contributed by atoms with E-state index in [1.54, 1.807) is 36.4 Å². The molecule has 0 aliphatic carbocycles. The molecule has 1 unspecified atom stereocenters. The number of carboxylic acids is 1. The van der Waals surface area contributed by atoms with Gasteiger partial charge in [0.15, 0.2) is 0 Å². The summed E-state index contributed by atoms with van der Waals surface area (Å²) in [6, 6.07) is 13.7. The van der Waals surface area contributed by atoms with Crippen LogP contribution in [-0.2, 0) is 4.74 Å². The van der Waals surface area contributed by atoms with Crippen molar-refractivity contribution in [2.24, 2.45) is 0 Å². The molecule has 3 N–H and O–H groups in total. The van der Waals surface area contributed by atoms with Gasteiger partial charge in [-0.3, -0.25) is 0 Å². The fourth-order valence-electron chi connectivity index (χ4n) is 2.64. The summed E-state index contributed by atoms with van der Waals surface area (Å²) in [7, 11) is 0. The Hall–Kier alpha value is -2.41. The molecule has 0 spiro atoms. The number of para-hydroxylation sites is 1. The minimum Gasteiger partial charge on any atom is -0.478 e. The Balaban J connectivity index is 1.88. The number of aliphatic hydroxyl groups excluding tert-OH is 2. The highest BCUT2D eigenvalue weighted by molar-refractivity contribution is 5.89. The van der Waals surface area contributed by atoms with Crippen LogP contribution in [0, 0.1) is 0 Å². The number of carbonyl (C=O) groups is 1. The number of rotatable bonds is 4. The maximum atomic E-state index is 11.2. The maximum Gasteiger partial charge on any atom is 0.335 e. The van der Waals surface area contributed by atoms with Gasteiger partial charge < -0.3 is 24.8 Å². The summed E-state index contributed by atoms with van der Waals surface area (Å²) in [6.45, 7) is 0.0956. The molecule has 6 nitrogen and oxygen atoms in total. The highest BCUT2D eigenvalue weighted by atomic mass is 16.7. The number of hydrogen-bond donors (Lipinski definition) is 3. The second kappa shape index (κ2) is 7.00. The number of ether oxygens (including phenoxy) is 2. The summed E-state index contributed by atoms with van der Waals surface area (Å²) in [5.74, 6) is -0.532. The molecule has 1 aliphatic rings. The fraction of sp³-hybridized carbons (Fsp3) is 0.278. The smallest absolute Gasteiger partial charge is 0.335 e. The molecule has 1 fully saturated rings. The van der Waals surface area contributed by atoms with Gasteiger partial charge in [-0.25, -0.2) is 4.79 Å². The Bertz CT molecular complexity index is 729. The number of aromatic carboxylic acids is 1. The van der Waals surface area contributed by atoms with Gasteiger partial charge in [0.25, 0.3) is 0 Å². The van der Waals surface area contributed by atoms with E-state index in [1.807, 2.05) is 6.07 Å². The minimum atomic E-state index is -1.00. The fourth-order valence-corrected chi connectivity index (χ4v) is 2.64. The lowest BCUT2D eigenvalue weighted by Gasteiger charge is -2.31. The van der Waals surface area contributed by atoms with Crippen LogP contribution in [0.4, 0.5) is 0 Å². The van der Waals surface area contributed by atoms with Crippen LogP contribution in [0.1, 0.15) is 16.8 Å². The van der Waals surface area contributed by atoms with Crippen molar-refractivity contribution < 1.29 is 29.6 Å². The molecule has 2 aromatic carbocycles. The molecule has 0 radical (unpaired) electrons. The average Bonchev–Trinajstić information content (AvgIpc) is 2.58. The second-order valence-corrected chi connectivity index (χ2v) is 5.66. The van der Waals surface area contributed by atoms with Crippen LogP contribution >= 0.6 is 0 Å². The molecule has 0 aromatic heterocycles. The van der Waals surface area contributed by atoms with Gasteiger partial charge in [0.05, 0.1) is 18.3 Å². The molecule has 0 bridgehead atoms. The predicted octanol–water partition coefficient (Wildman–Crippen LogP) is 1.90. The summed E-state index contributed by atoms with van der Waals surface area (Å²) in [5, 5.41) is 28.6. The van der Waals surface area contributed by atoms with Crippen LogP contribution in [0.5, 0.6) is 5.75 Å². The highest BCUT2D eigenvalue weighted by Gasteiger charge is 2.31. The van der Waals surface area contributed by atoms with Gasteiger partial charge in [0.1, 0.15) is 11.9 Å². The van der Waals surface area contributed by atoms with Gasteiger partial charge >= 0.3 is 5.97 Å². The number of hydrogen-bond acceptors (Lipinski definition) is 5. The zero-order valence-corrected chi connectivity index (χ0v) is 12.8. The maximum absolute atomic E-state index is 11.2. The van der Waals surface area contributed by atoms with Crippen molar-refractivity contribution in [3.8, 4) is 16.9 Å². The lowest BCUT2D eigenvalue weighted by atomic mass is 10.0. The van der Waals surface area contributed by atoms with Crippen LogP contribution < -0.4 is 4.74 Å². The second-order valence-electron chi connectivity index (χ2n) is 5.66. The molecule has 1 aliphatic heterocycles. The van der Waals surface area contributed by atoms with Crippen LogP contribution in [0.3, 0.4) is 0 Å². The van der Waals surface area contributed by atoms with E-state index >= 15 is 0 Å². The molecular weight excluding hydrogens is 312 g/mol. The molecule has 1 heterocycles. The number of aliphatic hydroxyl groups is 2. The van der Waals surface area contributed by atoms with Crippen LogP contribution in [-0.4, -0.2) is 46.4 Å². The van der Waals surface area contributed by atoms with Crippen molar-refractivity contribution in [2.45, 2.75) is 24.9 Å². The van der Waals surface area contributed by atoms with Crippen LogP contribution in [0.2, 0.25) is 0 Å². The summed E-state index contributed by atoms with van der Waals surface area (Å²) in [6.07, 6.45) is -2.34. The third-order valence-corrected chi connectivity index (χ3v) is 3.83. The number of benzene rings is 2. The zero-order chi connectivity index (χ0) is 17.1. The lowest BCUT2D eigenvalue weighted by Crippen LogP contribution is -2.44. The molecule has 1 saturated heterocycles. The van der Waals surface area contributed by atoms with Crippen molar-refractivity contribution in [3.05, 3.63) is 54.1 Å². The Kier molecular flexibility index (Phi) is 4.80. The molecule has 24 heavy (non-hydrogen) atoms. The predicted molar refractivity (Wildman–Crippen MR) is 85.8 cm³/mol. The van der Waals surface area contributed by atoms with Crippen molar-refractivity contribution in [1.82, 2.24) is 0 Å². The monoisotopic (exact) mass is 330 g/mol. The Morgan fingerprint density at radius 1 is 1.12 bits per heavy atom. The third kappa shape index (κ3) is 3.56. The van der Waals surface area contributed by atoms with Gasteiger partial charge in [0.2, 0.25) is 6.29 Å². The van der Waals surface area contributed by atoms with E-state index < -0.39 is 24.5 Å². The Morgan fingerprint density at radius 3 is 2.67 bits per heavy atom. The molecule has 3 atom stereocenters. The Morgan fingerprint density at radius 2 is 1.92 bits per heavy atom. The summed E-state index contributed by atoms with van der Waals surface area (Å²) in [5.41, 5.74) is 1.57. The SMILES string of the molecule is O=C(O)c1cccc(-c2ccccc2O[C@@H]2OC[C@H](O)CC2O)c1. The molecule has 126 valence electrons. The van der Waals surface area contributed by atoms with Gasteiger partial charge in [-0.05, 0) is 23.8 Å². The molecular formula is C18H18O6. The normalized spacial score (nSPS) is 23.7. The molecule has 0 saturated carbocycles. The van der Waals surface area contributed by atoms with Crippen molar-refractivity contribution in [2.75, 3.05) is 6.61 Å². The van der Waals surface area contributed by atoms with Crippen molar-refractivity contribution >= 4 is 5.97 Å². The van der Waals surface area contributed by atoms with Gasteiger partial charge in [-0.2, -0.15) is 0 Å². The van der Waals surface area contributed by atoms with Gasteiger partial charge in [0, 0.05) is 12.0 Å². The van der Waals surface area contributed by atoms with Crippen LogP contribution in [0.25, 0.3) is 11.1 Å². The van der Waals surface area contributed by atoms with Gasteiger partial charge in [-0.1, -0.05) is 30.3 Å². The highest BCUT2D eigenvalue weighted by Crippen LogP contribution is 2.32. The molecule has 6 heteroatoms. The largest absolute Gasteiger partial charge is 0.478 e. The summed E-state index contributed by atoms with van der Waals surface area (Å²) >= 11 is 0. The lowest BCUT2D eigenvalue weighted by molar-refractivity contribution is -0.198.